The summed E-state index contributed by atoms with van der Waals surface area (Å²) < 4.78 is 6.15. The summed E-state index contributed by atoms with van der Waals surface area (Å²) in [6, 6.07) is 8.70. The monoisotopic (exact) mass is 291 g/mol. The fourth-order valence-corrected chi connectivity index (χ4v) is 2.48. The molecule has 0 amide bonds. The first-order chi connectivity index (χ1) is 10.3. The third-order valence-corrected chi connectivity index (χ3v) is 3.74. The van der Waals surface area contributed by atoms with Gasteiger partial charge in [-0.2, -0.15) is 0 Å². The lowest BCUT2D eigenvalue weighted by Gasteiger charge is -2.19. The molecule has 0 spiro atoms. The van der Waals surface area contributed by atoms with Gasteiger partial charge in [-0.3, -0.25) is 0 Å². The highest BCUT2D eigenvalue weighted by atomic mass is 16.5. The van der Waals surface area contributed by atoms with Crippen LogP contribution in [-0.4, -0.2) is 19.7 Å². The van der Waals surface area contributed by atoms with Crippen molar-refractivity contribution in [2.75, 3.05) is 19.7 Å². The van der Waals surface area contributed by atoms with Crippen LogP contribution < -0.4 is 5.32 Å². The number of benzene rings is 1. The molecule has 2 heteroatoms. The summed E-state index contributed by atoms with van der Waals surface area (Å²) in [5, 5.41) is 3.49. The van der Waals surface area contributed by atoms with Crippen molar-refractivity contribution in [2.24, 2.45) is 0 Å². The van der Waals surface area contributed by atoms with Crippen LogP contribution in [0.4, 0.5) is 0 Å². The largest absolute Gasteiger partial charge is 0.372 e. The van der Waals surface area contributed by atoms with Crippen molar-refractivity contribution in [1.29, 1.82) is 0 Å². The van der Waals surface area contributed by atoms with Crippen LogP contribution in [0.2, 0.25) is 0 Å². The second-order valence-corrected chi connectivity index (χ2v) is 5.89. The van der Waals surface area contributed by atoms with Gasteiger partial charge in [0.15, 0.2) is 0 Å². The predicted molar refractivity (Wildman–Crippen MR) is 91.8 cm³/mol. The lowest BCUT2D eigenvalue weighted by molar-refractivity contribution is 0.0499. The van der Waals surface area contributed by atoms with Gasteiger partial charge in [0, 0.05) is 13.2 Å². The summed E-state index contributed by atoms with van der Waals surface area (Å²) in [5.74, 6) is 0. The Hall–Kier alpha value is -0.860. The highest BCUT2D eigenvalue weighted by Crippen LogP contribution is 2.18. The molecule has 1 aromatic rings. The fourth-order valence-electron chi connectivity index (χ4n) is 2.48. The number of nitrogens with one attached hydrogen (secondary N) is 1. The number of unbranched alkanes of at least 4 members (excludes halogenated alkanes) is 4. The van der Waals surface area contributed by atoms with E-state index in [0.29, 0.717) is 0 Å². The van der Waals surface area contributed by atoms with E-state index in [1.54, 1.807) is 0 Å². The average molecular weight is 291 g/mol. The van der Waals surface area contributed by atoms with Gasteiger partial charge in [0.2, 0.25) is 0 Å². The number of aryl methyl sites for hydroxylation is 1. The van der Waals surface area contributed by atoms with Crippen LogP contribution in [0.5, 0.6) is 0 Å². The Kier molecular flexibility index (Phi) is 10.2. The van der Waals surface area contributed by atoms with Crippen LogP contribution in [0, 0.1) is 6.92 Å². The van der Waals surface area contributed by atoms with Crippen molar-refractivity contribution in [3.63, 3.8) is 0 Å². The molecule has 21 heavy (non-hydrogen) atoms. The van der Waals surface area contributed by atoms with Gasteiger partial charge < -0.3 is 10.1 Å². The molecule has 0 radical (unpaired) electrons. The van der Waals surface area contributed by atoms with E-state index in [0.717, 1.165) is 26.1 Å². The van der Waals surface area contributed by atoms with Crippen LogP contribution in [-0.2, 0) is 4.74 Å². The molecule has 0 heterocycles. The van der Waals surface area contributed by atoms with Crippen LogP contribution >= 0.6 is 0 Å². The van der Waals surface area contributed by atoms with Gasteiger partial charge in [0.05, 0.1) is 6.10 Å². The predicted octanol–water partition coefficient (Wildman–Crippen LogP) is 5.02. The Morgan fingerprint density at radius 3 is 2.57 bits per heavy atom. The average Bonchev–Trinajstić information content (AvgIpc) is 2.49. The minimum Gasteiger partial charge on any atom is -0.372 e. The zero-order valence-electron chi connectivity index (χ0n) is 14.2. The molecule has 0 aliphatic carbocycles. The van der Waals surface area contributed by atoms with Crippen LogP contribution in [0.3, 0.4) is 0 Å². The smallest absolute Gasteiger partial charge is 0.0949 e. The highest BCUT2D eigenvalue weighted by molar-refractivity contribution is 5.24. The van der Waals surface area contributed by atoms with Crippen molar-refractivity contribution in [3.8, 4) is 0 Å². The van der Waals surface area contributed by atoms with Crippen LogP contribution in [0.25, 0.3) is 0 Å². The molecule has 0 aromatic heterocycles. The van der Waals surface area contributed by atoms with Gasteiger partial charge in [-0.25, -0.2) is 0 Å². The summed E-state index contributed by atoms with van der Waals surface area (Å²) in [6.07, 6.45) is 7.79. The van der Waals surface area contributed by atoms with E-state index in [2.05, 4.69) is 50.4 Å². The second kappa shape index (κ2) is 11.8. The van der Waals surface area contributed by atoms with Gasteiger partial charge in [-0.05, 0) is 31.9 Å². The molecule has 0 aliphatic heterocycles. The van der Waals surface area contributed by atoms with Crippen LogP contribution in [0.1, 0.15) is 69.6 Å². The number of rotatable bonds is 12. The first-order valence-electron chi connectivity index (χ1n) is 8.66. The minimum absolute atomic E-state index is 0.183. The van der Waals surface area contributed by atoms with Crippen molar-refractivity contribution in [1.82, 2.24) is 5.32 Å². The first kappa shape index (κ1) is 18.2. The van der Waals surface area contributed by atoms with E-state index < -0.39 is 0 Å². The Morgan fingerprint density at radius 2 is 1.86 bits per heavy atom. The lowest BCUT2D eigenvalue weighted by Crippen LogP contribution is -2.24. The summed E-state index contributed by atoms with van der Waals surface area (Å²) in [6.45, 7) is 9.43. The quantitative estimate of drug-likeness (QED) is 0.546. The van der Waals surface area contributed by atoms with Crippen molar-refractivity contribution >= 4 is 0 Å². The number of ether oxygens (including phenoxy) is 1. The molecule has 1 rings (SSSR count). The van der Waals surface area contributed by atoms with Crippen LogP contribution in [0.15, 0.2) is 24.3 Å². The number of hydrogen-bond acceptors (Lipinski definition) is 2. The second-order valence-electron chi connectivity index (χ2n) is 5.89. The number of hydrogen-bond donors (Lipinski definition) is 1. The highest BCUT2D eigenvalue weighted by Gasteiger charge is 2.11. The standard InChI is InChI=1S/C19H33NO/c1-4-6-7-8-9-14-21-19(16-20-13-5-2)18-12-10-11-17(3)15-18/h10-12,15,19-20H,4-9,13-14,16H2,1-3H3. The normalized spacial score (nSPS) is 12.5. The van der Waals surface area contributed by atoms with Gasteiger partial charge in [0.1, 0.15) is 0 Å². The maximum Gasteiger partial charge on any atom is 0.0949 e. The zero-order chi connectivity index (χ0) is 15.3. The molecule has 0 saturated carbocycles. The Labute approximate surface area is 131 Å². The summed E-state index contributed by atoms with van der Waals surface area (Å²) in [5.41, 5.74) is 2.60. The van der Waals surface area contributed by atoms with E-state index in [1.807, 2.05) is 0 Å². The minimum atomic E-state index is 0.183. The molecule has 1 unspecified atom stereocenters. The molecular formula is C19H33NO. The molecular weight excluding hydrogens is 258 g/mol. The Bertz CT molecular complexity index is 364. The third kappa shape index (κ3) is 8.23. The van der Waals surface area contributed by atoms with E-state index in [9.17, 15) is 0 Å². The van der Waals surface area contributed by atoms with Gasteiger partial charge in [0.25, 0.3) is 0 Å². The van der Waals surface area contributed by atoms with E-state index in [-0.39, 0.29) is 6.10 Å². The van der Waals surface area contributed by atoms with E-state index >= 15 is 0 Å². The zero-order valence-corrected chi connectivity index (χ0v) is 14.2. The van der Waals surface area contributed by atoms with Crippen molar-refractivity contribution in [3.05, 3.63) is 35.4 Å². The van der Waals surface area contributed by atoms with Crippen molar-refractivity contribution < 1.29 is 4.74 Å². The molecule has 2 nitrogen and oxygen atoms in total. The van der Waals surface area contributed by atoms with E-state index in [4.69, 9.17) is 4.74 Å². The summed E-state index contributed by atoms with van der Waals surface area (Å²) in [7, 11) is 0. The topological polar surface area (TPSA) is 21.3 Å². The maximum absolute atomic E-state index is 6.15. The first-order valence-corrected chi connectivity index (χ1v) is 8.66. The molecule has 120 valence electrons. The SMILES string of the molecule is CCCCCCCOC(CNCCC)c1cccc(C)c1. The molecule has 0 fully saturated rings. The fraction of sp³-hybridized carbons (Fsp3) is 0.684. The Balaban J connectivity index is 2.41. The summed E-state index contributed by atoms with van der Waals surface area (Å²) >= 11 is 0. The van der Waals surface area contributed by atoms with Gasteiger partial charge >= 0.3 is 0 Å². The Morgan fingerprint density at radius 1 is 1.05 bits per heavy atom. The lowest BCUT2D eigenvalue weighted by atomic mass is 10.1. The van der Waals surface area contributed by atoms with Gasteiger partial charge in [-0.1, -0.05) is 69.4 Å². The summed E-state index contributed by atoms with van der Waals surface area (Å²) in [4.78, 5) is 0. The molecule has 0 saturated heterocycles. The van der Waals surface area contributed by atoms with E-state index in [1.165, 1.54) is 43.2 Å². The molecule has 0 bridgehead atoms. The molecule has 0 aliphatic rings. The van der Waals surface area contributed by atoms with Gasteiger partial charge in [-0.15, -0.1) is 0 Å². The molecule has 1 N–H and O–H groups in total. The van der Waals surface area contributed by atoms with Crippen molar-refractivity contribution in [2.45, 2.75) is 65.4 Å². The molecule has 1 atom stereocenters. The molecule has 1 aromatic carbocycles. The maximum atomic E-state index is 6.15. The third-order valence-electron chi connectivity index (χ3n) is 3.74.